The van der Waals surface area contributed by atoms with Gasteiger partial charge in [0.2, 0.25) is 5.91 Å². The molecule has 1 rings (SSSR count). The van der Waals surface area contributed by atoms with Gasteiger partial charge in [-0.25, -0.2) is 0 Å². The van der Waals surface area contributed by atoms with E-state index in [-0.39, 0.29) is 36.9 Å². The molecule has 2 N–H and O–H groups in total. The van der Waals surface area contributed by atoms with Gasteiger partial charge in [0.25, 0.3) is 0 Å². The maximum atomic E-state index is 12.2. The number of carbonyl (C=O) groups excluding carboxylic acids is 2. The molecule has 0 heterocycles. The maximum Gasteiger partial charge on any atom is 0.220 e. The van der Waals surface area contributed by atoms with Crippen molar-refractivity contribution in [1.29, 1.82) is 0 Å². The minimum atomic E-state index is -0.111. The molecule has 0 radical (unpaired) electrons. The first-order chi connectivity index (χ1) is 10.6. The molecule has 1 amide bonds. The molecule has 0 unspecified atom stereocenters. The van der Waals surface area contributed by atoms with Gasteiger partial charge in [-0.3, -0.25) is 9.59 Å². The van der Waals surface area contributed by atoms with Gasteiger partial charge in [-0.2, -0.15) is 0 Å². The molecule has 0 spiro atoms. The molecule has 0 atom stereocenters. The first-order valence-electron chi connectivity index (χ1n) is 7.42. The molecule has 130 valence electrons. The van der Waals surface area contributed by atoms with Crippen molar-refractivity contribution in [3.63, 3.8) is 0 Å². The number of carbonyl (C=O) groups is 2. The van der Waals surface area contributed by atoms with Crippen LogP contribution in [0, 0.1) is 0 Å². The monoisotopic (exact) mass is 406 g/mol. The van der Waals surface area contributed by atoms with Crippen LogP contribution in [-0.4, -0.2) is 38.4 Å². The van der Waals surface area contributed by atoms with Gasteiger partial charge < -0.3 is 15.4 Å². The van der Waals surface area contributed by atoms with Crippen molar-refractivity contribution in [3.8, 4) is 5.75 Å². The fourth-order valence-corrected chi connectivity index (χ4v) is 2.30. The summed E-state index contributed by atoms with van der Waals surface area (Å²) in [5.74, 6) is 0.315. The molecule has 1 aromatic rings. The van der Waals surface area contributed by atoms with E-state index in [2.05, 4.69) is 33.5 Å². The number of ketones is 1. The van der Waals surface area contributed by atoms with Crippen LogP contribution < -0.4 is 15.4 Å². The third kappa shape index (κ3) is 8.34. The Hall–Kier alpha value is -1.11. The van der Waals surface area contributed by atoms with Gasteiger partial charge in [0.1, 0.15) is 5.75 Å². The van der Waals surface area contributed by atoms with Crippen LogP contribution in [0.25, 0.3) is 0 Å². The Balaban J connectivity index is 0.00000484. The van der Waals surface area contributed by atoms with E-state index in [0.717, 1.165) is 24.0 Å². The van der Waals surface area contributed by atoms with E-state index in [1.807, 2.05) is 6.07 Å². The molecular formula is C16H24BrClN2O3. The largest absolute Gasteiger partial charge is 0.496 e. The molecule has 5 nitrogen and oxygen atoms in total. The number of hydrogen-bond acceptors (Lipinski definition) is 4. The molecule has 7 heteroatoms. The summed E-state index contributed by atoms with van der Waals surface area (Å²) in [7, 11) is 1.52. The van der Waals surface area contributed by atoms with Gasteiger partial charge in [0.15, 0.2) is 5.78 Å². The predicted octanol–water partition coefficient (Wildman–Crippen LogP) is 2.96. The standard InChI is InChI=1S/C16H23BrN2O3.ClH/c1-3-8-18-9-10-19-16(21)7-5-14(20)13-11-12(17)4-6-15(13)22-2;/h4,6,11,18H,3,5,7-10H2,1-2H3,(H,19,21);1H. The second-order valence-corrected chi connectivity index (χ2v) is 5.78. The molecule has 23 heavy (non-hydrogen) atoms. The fourth-order valence-electron chi connectivity index (χ4n) is 1.94. The highest BCUT2D eigenvalue weighted by Gasteiger charge is 2.14. The summed E-state index contributed by atoms with van der Waals surface area (Å²) in [6.07, 6.45) is 1.42. The Kier molecular flexibility index (Phi) is 11.7. The molecule has 0 aliphatic rings. The SMILES string of the molecule is CCCNCCNC(=O)CCC(=O)c1cc(Br)ccc1OC.Cl. The minimum absolute atomic E-state index is 0. The molecule has 1 aromatic carbocycles. The lowest BCUT2D eigenvalue weighted by atomic mass is 10.1. The molecular weight excluding hydrogens is 384 g/mol. The number of ether oxygens (including phenoxy) is 1. The zero-order valence-electron chi connectivity index (χ0n) is 13.5. The van der Waals surface area contributed by atoms with Crippen LogP contribution in [0.15, 0.2) is 22.7 Å². The molecule has 0 aliphatic heterocycles. The first kappa shape index (κ1) is 21.9. The first-order valence-corrected chi connectivity index (χ1v) is 8.22. The van der Waals surface area contributed by atoms with E-state index in [9.17, 15) is 9.59 Å². The van der Waals surface area contributed by atoms with Crippen molar-refractivity contribution < 1.29 is 14.3 Å². The van der Waals surface area contributed by atoms with Crippen LogP contribution in [-0.2, 0) is 4.79 Å². The van der Waals surface area contributed by atoms with Gasteiger partial charge in [-0.15, -0.1) is 12.4 Å². The average molecular weight is 408 g/mol. The normalized spacial score (nSPS) is 9.87. The zero-order chi connectivity index (χ0) is 16.4. The Morgan fingerprint density at radius 1 is 1.17 bits per heavy atom. The Morgan fingerprint density at radius 2 is 1.91 bits per heavy atom. The van der Waals surface area contributed by atoms with Crippen molar-refractivity contribution in [2.75, 3.05) is 26.7 Å². The van der Waals surface area contributed by atoms with Gasteiger partial charge >= 0.3 is 0 Å². The Bertz CT molecular complexity index is 512. The minimum Gasteiger partial charge on any atom is -0.496 e. The van der Waals surface area contributed by atoms with Gasteiger partial charge in [-0.1, -0.05) is 22.9 Å². The zero-order valence-corrected chi connectivity index (χ0v) is 15.9. The lowest BCUT2D eigenvalue weighted by Gasteiger charge is -2.09. The summed E-state index contributed by atoms with van der Waals surface area (Å²) in [5.41, 5.74) is 0.495. The molecule has 0 saturated heterocycles. The van der Waals surface area contributed by atoms with Crippen molar-refractivity contribution in [2.45, 2.75) is 26.2 Å². The number of Topliss-reactive ketones (excluding diaryl/α,β-unsaturated/α-hetero) is 1. The van der Waals surface area contributed by atoms with Crippen molar-refractivity contribution in [3.05, 3.63) is 28.2 Å². The maximum absolute atomic E-state index is 12.2. The number of nitrogens with one attached hydrogen (secondary N) is 2. The van der Waals surface area contributed by atoms with E-state index < -0.39 is 0 Å². The number of halogens is 2. The van der Waals surface area contributed by atoms with Crippen LogP contribution in [0.1, 0.15) is 36.5 Å². The second kappa shape index (κ2) is 12.3. The van der Waals surface area contributed by atoms with Crippen LogP contribution in [0.5, 0.6) is 5.75 Å². The summed E-state index contributed by atoms with van der Waals surface area (Å²) in [6, 6.07) is 5.26. The van der Waals surface area contributed by atoms with Gasteiger partial charge in [0.05, 0.1) is 12.7 Å². The topological polar surface area (TPSA) is 67.4 Å². The fraction of sp³-hybridized carbons (Fsp3) is 0.500. The van der Waals surface area contributed by atoms with E-state index >= 15 is 0 Å². The van der Waals surface area contributed by atoms with Crippen molar-refractivity contribution in [2.24, 2.45) is 0 Å². The summed E-state index contributed by atoms with van der Waals surface area (Å²) >= 11 is 3.33. The number of amides is 1. The molecule has 0 saturated carbocycles. The lowest BCUT2D eigenvalue weighted by molar-refractivity contribution is -0.121. The number of benzene rings is 1. The van der Waals surface area contributed by atoms with Crippen LogP contribution >= 0.6 is 28.3 Å². The summed E-state index contributed by atoms with van der Waals surface area (Å²) in [5, 5.41) is 5.99. The number of methoxy groups -OCH3 is 1. The highest BCUT2D eigenvalue weighted by molar-refractivity contribution is 9.10. The summed E-state index contributed by atoms with van der Waals surface area (Å²) in [4.78, 5) is 23.9. The quantitative estimate of drug-likeness (QED) is 0.462. The Labute approximate surface area is 152 Å². The van der Waals surface area contributed by atoms with Gasteiger partial charge in [-0.05, 0) is 31.2 Å². The van der Waals surface area contributed by atoms with Gasteiger partial charge in [0, 0.05) is 30.4 Å². The van der Waals surface area contributed by atoms with Crippen LogP contribution in [0.2, 0.25) is 0 Å². The van der Waals surface area contributed by atoms with Crippen molar-refractivity contribution >= 4 is 40.0 Å². The highest BCUT2D eigenvalue weighted by Crippen LogP contribution is 2.24. The molecule has 0 aliphatic carbocycles. The van der Waals surface area contributed by atoms with E-state index in [4.69, 9.17) is 4.74 Å². The van der Waals surface area contributed by atoms with E-state index in [0.29, 0.717) is 17.9 Å². The summed E-state index contributed by atoms with van der Waals surface area (Å²) < 4.78 is 5.99. The number of rotatable bonds is 10. The van der Waals surface area contributed by atoms with Crippen molar-refractivity contribution in [1.82, 2.24) is 10.6 Å². The van der Waals surface area contributed by atoms with E-state index in [1.54, 1.807) is 12.1 Å². The van der Waals surface area contributed by atoms with E-state index in [1.165, 1.54) is 7.11 Å². The third-order valence-corrected chi connectivity index (χ3v) is 3.59. The Morgan fingerprint density at radius 3 is 2.57 bits per heavy atom. The lowest BCUT2D eigenvalue weighted by Crippen LogP contribution is -2.32. The predicted molar refractivity (Wildman–Crippen MR) is 97.7 cm³/mol. The highest BCUT2D eigenvalue weighted by atomic mass is 79.9. The third-order valence-electron chi connectivity index (χ3n) is 3.09. The molecule has 0 bridgehead atoms. The average Bonchev–Trinajstić information content (AvgIpc) is 2.52. The number of hydrogen-bond donors (Lipinski definition) is 2. The summed E-state index contributed by atoms with van der Waals surface area (Å²) in [6.45, 7) is 4.35. The molecule has 0 fully saturated rings. The second-order valence-electron chi connectivity index (χ2n) is 4.87. The smallest absolute Gasteiger partial charge is 0.220 e. The van der Waals surface area contributed by atoms with Crippen LogP contribution in [0.4, 0.5) is 0 Å². The molecule has 0 aromatic heterocycles. The van der Waals surface area contributed by atoms with Crippen LogP contribution in [0.3, 0.4) is 0 Å².